The van der Waals surface area contributed by atoms with Crippen LogP contribution in [0.25, 0.3) is 22.4 Å². The quantitative estimate of drug-likeness (QED) is 0.657. The first kappa shape index (κ1) is 13.0. The maximum atomic E-state index is 4.67. The minimum absolute atomic E-state index is 0.610. The van der Waals surface area contributed by atoms with Crippen molar-refractivity contribution in [2.45, 2.75) is 0 Å². The molecule has 3 rings (SSSR count). The molecule has 0 aliphatic heterocycles. The van der Waals surface area contributed by atoms with Gasteiger partial charge in [0, 0.05) is 0 Å². The minimum atomic E-state index is 0.610. The second kappa shape index (κ2) is 5.17. The fourth-order valence-corrected chi connectivity index (χ4v) is 2.34. The van der Waals surface area contributed by atoms with Crippen LogP contribution in [0, 0.1) is 0 Å². The molecule has 6 heteroatoms. The molecule has 2 aromatic heterocycles. The third kappa shape index (κ3) is 2.37. The number of fused-ring (bicyclic) bond motifs is 1. The van der Waals surface area contributed by atoms with Crippen LogP contribution in [0.5, 0.6) is 0 Å². The Bertz CT molecular complexity index is 758. The Morgan fingerprint density at radius 1 is 1.00 bits per heavy atom. The van der Waals surface area contributed by atoms with E-state index in [0.717, 1.165) is 17.1 Å². The fourth-order valence-electron chi connectivity index (χ4n) is 1.94. The number of rotatable bonds is 2. The van der Waals surface area contributed by atoms with Gasteiger partial charge in [-0.05, 0) is 0 Å². The van der Waals surface area contributed by atoms with E-state index in [1.165, 1.54) is 0 Å². The molecular weight excluding hydrogens is 313 g/mol. The zero-order chi connectivity index (χ0) is 14.1. The Hall–Kier alpha value is -2.00. The molecular formula is C14H12AsN5. The van der Waals surface area contributed by atoms with E-state index in [-0.39, 0.29) is 0 Å². The zero-order valence-corrected chi connectivity index (χ0v) is 13.0. The average molecular weight is 325 g/mol. The van der Waals surface area contributed by atoms with Gasteiger partial charge in [-0.3, -0.25) is 0 Å². The maximum absolute atomic E-state index is 4.67. The topological polar surface area (TPSA) is 54.8 Å². The van der Waals surface area contributed by atoms with E-state index in [1.54, 1.807) is 6.20 Å². The number of hydrogen-bond acceptors (Lipinski definition) is 5. The zero-order valence-electron chi connectivity index (χ0n) is 11.1. The monoisotopic (exact) mass is 325 g/mol. The van der Waals surface area contributed by atoms with Crippen molar-refractivity contribution in [3.8, 4) is 11.3 Å². The molecule has 0 spiro atoms. The summed E-state index contributed by atoms with van der Waals surface area (Å²) >= 11 is 2.34. The molecule has 0 saturated heterocycles. The van der Waals surface area contributed by atoms with Crippen molar-refractivity contribution >= 4 is 38.4 Å². The van der Waals surface area contributed by atoms with Crippen LogP contribution in [0.1, 0.15) is 0 Å². The Morgan fingerprint density at radius 2 is 1.75 bits per heavy atom. The Balaban J connectivity index is 2.25. The molecule has 0 amide bonds. The summed E-state index contributed by atoms with van der Waals surface area (Å²) in [6, 6.07) is 9.97. The van der Waals surface area contributed by atoms with Crippen molar-refractivity contribution in [2.75, 3.05) is 19.0 Å². The molecule has 0 bridgehead atoms. The van der Waals surface area contributed by atoms with Crippen LogP contribution in [0.15, 0.2) is 36.5 Å². The molecule has 0 unspecified atom stereocenters. The molecule has 3 aromatic rings. The van der Waals surface area contributed by atoms with Gasteiger partial charge in [-0.1, -0.05) is 0 Å². The van der Waals surface area contributed by atoms with Crippen LogP contribution in [-0.4, -0.2) is 50.9 Å². The predicted octanol–water partition coefficient (Wildman–Crippen LogP) is 0.947. The van der Waals surface area contributed by atoms with Crippen molar-refractivity contribution in [3.63, 3.8) is 0 Å². The number of benzene rings is 1. The van der Waals surface area contributed by atoms with Gasteiger partial charge in [0.25, 0.3) is 0 Å². The van der Waals surface area contributed by atoms with Crippen molar-refractivity contribution in [1.29, 1.82) is 0 Å². The van der Waals surface area contributed by atoms with E-state index in [0.29, 0.717) is 15.8 Å². The molecule has 0 atom stereocenters. The molecule has 1 aromatic carbocycles. The first-order valence-electron chi connectivity index (χ1n) is 6.11. The molecule has 0 fully saturated rings. The standard InChI is InChI=1S/C14H12AsN5/c1-20(2)13-11-12(18-14(15)19-13)16-8-10(17-11)9-6-4-3-5-7-9/h3-8H,1-2H3. The molecule has 0 aliphatic rings. The normalized spacial score (nSPS) is 10.8. The summed E-state index contributed by atoms with van der Waals surface area (Å²) in [5.74, 6) is 0.774. The molecule has 0 N–H and O–H groups in total. The van der Waals surface area contributed by atoms with Crippen LogP contribution in [-0.2, 0) is 0 Å². The van der Waals surface area contributed by atoms with Crippen molar-refractivity contribution < 1.29 is 0 Å². The Kier molecular flexibility index (Phi) is 3.36. The van der Waals surface area contributed by atoms with Gasteiger partial charge in [-0.25, -0.2) is 0 Å². The van der Waals surface area contributed by atoms with Gasteiger partial charge < -0.3 is 0 Å². The summed E-state index contributed by atoms with van der Waals surface area (Å²) in [4.78, 5) is 19.7. The first-order chi connectivity index (χ1) is 9.65. The van der Waals surface area contributed by atoms with Crippen LogP contribution < -0.4 is 9.51 Å². The van der Waals surface area contributed by atoms with Crippen LogP contribution in [0.2, 0.25) is 0 Å². The van der Waals surface area contributed by atoms with E-state index < -0.39 is 0 Å². The molecule has 20 heavy (non-hydrogen) atoms. The Labute approximate surface area is 125 Å². The Morgan fingerprint density at radius 3 is 2.45 bits per heavy atom. The van der Waals surface area contributed by atoms with Gasteiger partial charge in [0.1, 0.15) is 0 Å². The third-order valence-corrected chi connectivity index (χ3v) is 3.29. The summed E-state index contributed by atoms with van der Waals surface area (Å²) in [5.41, 5.74) is 3.18. The van der Waals surface area contributed by atoms with Gasteiger partial charge in [-0.15, -0.1) is 0 Å². The predicted molar refractivity (Wildman–Crippen MR) is 80.3 cm³/mol. The van der Waals surface area contributed by atoms with E-state index in [1.807, 2.05) is 49.3 Å². The van der Waals surface area contributed by atoms with Gasteiger partial charge in [0.2, 0.25) is 0 Å². The van der Waals surface area contributed by atoms with E-state index in [9.17, 15) is 0 Å². The van der Waals surface area contributed by atoms with Crippen LogP contribution in [0.4, 0.5) is 5.82 Å². The van der Waals surface area contributed by atoms with E-state index in [4.69, 9.17) is 0 Å². The van der Waals surface area contributed by atoms with Crippen molar-refractivity contribution in [2.24, 2.45) is 0 Å². The van der Waals surface area contributed by atoms with E-state index in [2.05, 4.69) is 36.8 Å². The van der Waals surface area contributed by atoms with E-state index >= 15 is 0 Å². The number of hydrogen-bond donors (Lipinski definition) is 0. The van der Waals surface area contributed by atoms with Crippen molar-refractivity contribution in [3.05, 3.63) is 36.5 Å². The molecule has 0 saturated carbocycles. The summed E-state index contributed by atoms with van der Waals surface area (Å²) in [6.45, 7) is 0. The molecule has 2 radical (unpaired) electrons. The van der Waals surface area contributed by atoms with Gasteiger partial charge in [0.05, 0.1) is 0 Å². The molecule has 5 nitrogen and oxygen atoms in total. The molecule has 0 aliphatic carbocycles. The summed E-state index contributed by atoms with van der Waals surface area (Å²) < 4.78 is 0.635. The SMILES string of the molecule is CN(C)c1nc([As])nc2ncc(-c3ccccc3)nc12. The van der Waals surface area contributed by atoms with Gasteiger partial charge in [0.15, 0.2) is 0 Å². The van der Waals surface area contributed by atoms with Crippen LogP contribution in [0.3, 0.4) is 0 Å². The molecule has 98 valence electrons. The number of anilines is 1. The van der Waals surface area contributed by atoms with Crippen LogP contribution >= 0.6 is 0 Å². The fraction of sp³-hybridized carbons (Fsp3) is 0.143. The number of aromatic nitrogens is 4. The summed E-state index contributed by atoms with van der Waals surface area (Å²) in [7, 11) is 3.87. The number of nitrogens with zero attached hydrogens (tertiary/aromatic N) is 5. The third-order valence-electron chi connectivity index (χ3n) is 2.87. The van der Waals surface area contributed by atoms with Crippen molar-refractivity contribution in [1.82, 2.24) is 19.9 Å². The molecule has 2 heterocycles. The second-order valence-corrected chi connectivity index (χ2v) is 5.37. The van der Waals surface area contributed by atoms with Gasteiger partial charge >= 0.3 is 125 Å². The summed E-state index contributed by atoms with van der Waals surface area (Å²) in [6.07, 6.45) is 1.75. The van der Waals surface area contributed by atoms with Gasteiger partial charge in [-0.2, -0.15) is 0 Å². The first-order valence-corrected chi connectivity index (χ1v) is 7.05. The average Bonchev–Trinajstić information content (AvgIpc) is 2.46. The second-order valence-electron chi connectivity index (χ2n) is 4.54. The summed E-state index contributed by atoms with van der Waals surface area (Å²) in [5, 5.41) is 0.